The number of aliphatic hydroxyl groups is 1. The molecule has 0 radical (unpaired) electrons. The van der Waals surface area contributed by atoms with Crippen molar-refractivity contribution >= 4 is 11.7 Å². The lowest BCUT2D eigenvalue weighted by atomic mass is 9.78. The number of fused-ring (bicyclic) bond motifs is 5. The van der Waals surface area contributed by atoms with Crippen molar-refractivity contribution in [3.05, 3.63) is 57.6 Å². The normalized spacial score (nSPS) is 25.4. The van der Waals surface area contributed by atoms with Crippen LogP contribution in [0.25, 0.3) is 0 Å². The maximum Gasteiger partial charge on any atom is 0.272 e. The maximum absolute atomic E-state index is 13.2. The highest BCUT2D eigenvalue weighted by atomic mass is 16.3. The Kier molecular flexibility index (Phi) is 4.01. The van der Waals surface area contributed by atoms with E-state index in [0.717, 1.165) is 30.9 Å². The van der Waals surface area contributed by atoms with Gasteiger partial charge in [-0.2, -0.15) is 0 Å². The Balaban J connectivity index is 1.47. The van der Waals surface area contributed by atoms with Gasteiger partial charge in [-0.1, -0.05) is 12.1 Å². The van der Waals surface area contributed by atoms with Gasteiger partial charge in [-0.15, -0.1) is 0 Å². The molecule has 1 amide bonds. The number of aromatic nitrogens is 2. The number of likely N-dealkylation sites (tertiary alicyclic amines) is 1. The van der Waals surface area contributed by atoms with Crippen LogP contribution in [0.15, 0.2) is 35.1 Å². The minimum absolute atomic E-state index is 0.0670. The quantitative estimate of drug-likeness (QED) is 0.842. The summed E-state index contributed by atoms with van der Waals surface area (Å²) in [6.07, 6.45) is 1.85. The second-order valence-corrected chi connectivity index (χ2v) is 8.16. The number of carbonyl (C=O) groups is 1. The molecule has 2 bridgehead atoms. The summed E-state index contributed by atoms with van der Waals surface area (Å²) in [5, 5.41) is 9.97. The molecule has 5 rings (SSSR count). The van der Waals surface area contributed by atoms with Crippen LogP contribution in [0.2, 0.25) is 0 Å². The lowest BCUT2D eigenvalue weighted by Crippen LogP contribution is -2.52. The third kappa shape index (κ3) is 2.57. The Hall–Kier alpha value is -2.67. The van der Waals surface area contributed by atoms with E-state index >= 15 is 0 Å². The molecule has 0 aliphatic carbocycles. The maximum atomic E-state index is 13.2. The molecule has 3 aliphatic rings. The molecule has 7 nitrogen and oxygen atoms in total. The van der Waals surface area contributed by atoms with Crippen molar-refractivity contribution in [2.75, 3.05) is 38.2 Å². The number of nitrogens with zero attached hydrogens (tertiary/aromatic N) is 4. The molecule has 0 aromatic carbocycles. The third-order valence-corrected chi connectivity index (χ3v) is 6.53. The fourth-order valence-corrected chi connectivity index (χ4v) is 5.12. The smallest absolute Gasteiger partial charge is 0.272 e. The van der Waals surface area contributed by atoms with Crippen molar-refractivity contribution in [2.24, 2.45) is 5.92 Å². The molecule has 2 aromatic rings. The van der Waals surface area contributed by atoms with Gasteiger partial charge in [-0.25, -0.2) is 4.98 Å². The van der Waals surface area contributed by atoms with Crippen molar-refractivity contribution < 1.29 is 9.90 Å². The monoisotopic (exact) mass is 380 g/mol. The highest BCUT2D eigenvalue weighted by molar-refractivity contribution is 5.93. The highest BCUT2D eigenvalue weighted by Gasteiger charge is 2.41. The van der Waals surface area contributed by atoms with Gasteiger partial charge in [0, 0.05) is 50.3 Å². The molecule has 3 atom stereocenters. The molecule has 2 aromatic heterocycles. The first kappa shape index (κ1) is 17.4. The average Bonchev–Trinajstić information content (AvgIpc) is 3.08. The fraction of sp³-hybridized carbons (Fsp3) is 0.476. The molecule has 1 fully saturated rings. The fourth-order valence-electron chi connectivity index (χ4n) is 5.12. The Labute approximate surface area is 163 Å². The van der Waals surface area contributed by atoms with Gasteiger partial charge in [0.2, 0.25) is 0 Å². The Morgan fingerprint density at radius 3 is 2.93 bits per heavy atom. The standard InChI is InChI=1S/C21H24N4O3/c1-23-8-7-13-5-6-16(22-20(13)23)21(28)24-10-14-9-15(11-24)18(12-26)25-17(14)3-2-4-19(25)27/h2-6,14-15,18,26H,7-12H2,1H3/t14-,15+,18+/m1/s1. The predicted octanol–water partition coefficient (Wildman–Crippen LogP) is 1.03. The van der Waals surface area contributed by atoms with E-state index in [2.05, 4.69) is 9.88 Å². The number of anilines is 1. The van der Waals surface area contributed by atoms with Gasteiger partial charge in [0.15, 0.2) is 0 Å². The van der Waals surface area contributed by atoms with Crippen LogP contribution >= 0.6 is 0 Å². The second-order valence-electron chi connectivity index (χ2n) is 8.16. The summed E-state index contributed by atoms with van der Waals surface area (Å²) in [4.78, 5) is 34.2. The van der Waals surface area contributed by atoms with Crippen LogP contribution in [-0.4, -0.2) is 58.8 Å². The number of likely N-dealkylation sites (N-methyl/N-ethyl adjacent to an activating group) is 1. The number of piperidine rings is 1. The van der Waals surface area contributed by atoms with E-state index in [9.17, 15) is 14.7 Å². The van der Waals surface area contributed by atoms with Crippen LogP contribution in [0.5, 0.6) is 0 Å². The van der Waals surface area contributed by atoms with Gasteiger partial charge in [0.25, 0.3) is 11.5 Å². The molecule has 5 heterocycles. The number of pyridine rings is 2. The molecule has 7 heteroatoms. The Morgan fingerprint density at radius 1 is 1.25 bits per heavy atom. The molecular weight excluding hydrogens is 356 g/mol. The lowest BCUT2D eigenvalue weighted by molar-refractivity contribution is 0.0433. The number of amides is 1. The zero-order chi connectivity index (χ0) is 19.4. The van der Waals surface area contributed by atoms with E-state index in [4.69, 9.17) is 0 Å². The molecule has 0 unspecified atom stereocenters. The van der Waals surface area contributed by atoms with Crippen molar-refractivity contribution in [1.29, 1.82) is 0 Å². The molecule has 0 spiro atoms. The van der Waals surface area contributed by atoms with E-state index < -0.39 is 0 Å². The van der Waals surface area contributed by atoms with Crippen LogP contribution in [-0.2, 0) is 6.42 Å². The second kappa shape index (κ2) is 6.44. The summed E-state index contributed by atoms with van der Waals surface area (Å²) >= 11 is 0. The van der Waals surface area contributed by atoms with Crippen LogP contribution in [0.3, 0.4) is 0 Å². The zero-order valence-electron chi connectivity index (χ0n) is 15.9. The zero-order valence-corrected chi connectivity index (χ0v) is 15.9. The summed E-state index contributed by atoms with van der Waals surface area (Å²) < 4.78 is 1.74. The van der Waals surface area contributed by atoms with E-state index in [1.807, 2.05) is 30.1 Å². The third-order valence-electron chi connectivity index (χ3n) is 6.53. The first-order valence-corrected chi connectivity index (χ1v) is 9.89. The number of hydrogen-bond donors (Lipinski definition) is 1. The summed E-state index contributed by atoms with van der Waals surface area (Å²) in [5.74, 6) is 1.00. The van der Waals surface area contributed by atoms with Gasteiger partial charge in [-0.3, -0.25) is 9.59 Å². The topological polar surface area (TPSA) is 78.7 Å². The van der Waals surface area contributed by atoms with Gasteiger partial charge in [-0.05, 0) is 30.5 Å². The first-order chi connectivity index (χ1) is 13.6. The van der Waals surface area contributed by atoms with Crippen molar-refractivity contribution in [1.82, 2.24) is 14.5 Å². The van der Waals surface area contributed by atoms with Gasteiger partial charge >= 0.3 is 0 Å². The summed E-state index contributed by atoms with van der Waals surface area (Å²) in [6, 6.07) is 8.81. The molecular formula is C21H24N4O3. The lowest BCUT2D eigenvalue weighted by Gasteiger charge is -2.46. The van der Waals surface area contributed by atoms with E-state index in [0.29, 0.717) is 18.8 Å². The Morgan fingerprint density at radius 2 is 2.11 bits per heavy atom. The first-order valence-electron chi connectivity index (χ1n) is 9.89. The predicted molar refractivity (Wildman–Crippen MR) is 105 cm³/mol. The Bertz CT molecular complexity index is 1000. The van der Waals surface area contributed by atoms with Gasteiger partial charge in [0.1, 0.15) is 11.5 Å². The number of hydrogen-bond acceptors (Lipinski definition) is 5. The van der Waals surface area contributed by atoms with Crippen LogP contribution in [0.4, 0.5) is 5.82 Å². The number of aliphatic hydroxyl groups excluding tert-OH is 1. The van der Waals surface area contributed by atoms with Crippen molar-refractivity contribution in [3.8, 4) is 0 Å². The molecule has 0 saturated carbocycles. The molecule has 28 heavy (non-hydrogen) atoms. The minimum Gasteiger partial charge on any atom is -0.394 e. The average molecular weight is 380 g/mol. The summed E-state index contributed by atoms with van der Waals surface area (Å²) in [5.41, 5.74) is 2.50. The summed E-state index contributed by atoms with van der Waals surface area (Å²) in [7, 11) is 2.00. The SMILES string of the molecule is CN1CCc2ccc(C(=O)N3C[C@H]4C[C@@H](C3)[C@H](CO)n3c4cccc3=O)nc21. The van der Waals surface area contributed by atoms with Crippen LogP contribution in [0, 0.1) is 5.92 Å². The van der Waals surface area contributed by atoms with Crippen LogP contribution in [0.1, 0.15) is 40.1 Å². The van der Waals surface area contributed by atoms with Gasteiger partial charge < -0.3 is 19.5 Å². The largest absolute Gasteiger partial charge is 0.394 e. The van der Waals surface area contributed by atoms with Crippen LogP contribution < -0.4 is 10.5 Å². The van der Waals surface area contributed by atoms with Gasteiger partial charge in [0.05, 0.1) is 12.6 Å². The van der Waals surface area contributed by atoms with E-state index in [-0.39, 0.29) is 36.0 Å². The molecule has 1 saturated heterocycles. The van der Waals surface area contributed by atoms with Crippen molar-refractivity contribution in [2.45, 2.75) is 24.8 Å². The number of rotatable bonds is 2. The van der Waals surface area contributed by atoms with E-state index in [1.165, 1.54) is 5.56 Å². The summed E-state index contributed by atoms with van der Waals surface area (Å²) in [6.45, 7) is 1.94. The molecule has 1 N–H and O–H groups in total. The highest BCUT2D eigenvalue weighted by Crippen LogP contribution is 2.41. The number of carbonyl (C=O) groups excluding carboxylic acids is 1. The minimum atomic E-state index is -0.283. The molecule has 3 aliphatic heterocycles. The van der Waals surface area contributed by atoms with E-state index in [1.54, 1.807) is 16.7 Å². The molecule has 146 valence electrons. The van der Waals surface area contributed by atoms with Crippen molar-refractivity contribution in [3.63, 3.8) is 0 Å².